The van der Waals surface area contributed by atoms with Crippen molar-refractivity contribution >= 4 is 61.8 Å². The summed E-state index contributed by atoms with van der Waals surface area (Å²) >= 11 is 6.14. The Hall–Kier alpha value is -3.42. The van der Waals surface area contributed by atoms with Gasteiger partial charge in [0.15, 0.2) is 16.7 Å². The Balaban J connectivity index is 1.36. The van der Waals surface area contributed by atoms with Gasteiger partial charge in [0.1, 0.15) is 5.00 Å². The zero-order valence-electron chi connectivity index (χ0n) is 22.4. The van der Waals surface area contributed by atoms with Gasteiger partial charge in [-0.2, -0.15) is 0 Å². The lowest BCUT2D eigenvalue weighted by Gasteiger charge is -2.15. The van der Waals surface area contributed by atoms with Crippen LogP contribution in [0.3, 0.4) is 0 Å². The quantitative estimate of drug-likeness (QED) is 0.162. The number of esters is 1. The van der Waals surface area contributed by atoms with E-state index in [9.17, 15) is 14.4 Å². The first-order valence-electron chi connectivity index (χ1n) is 13.2. The maximum absolute atomic E-state index is 13.4. The molecule has 3 aromatic heterocycles. The van der Waals surface area contributed by atoms with Crippen LogP contribution in [0.15, 0.2) is 56.7 Å². The first-order chi connectivity index (χ1) is 19.9. The molecule has 2 amide bonds. The molecule has 1 aliphatic rings. The summed E-state index contributed by atoms with van der Waals surface area (Å²) in [5.41, 5.74) is 2.24. The molecule has 0 saturated heterocycles. The van der Waals surface area contributed by atoms with Gasteiger partial charge in [-0.05, 0) is 81.5 Å². The van der Waals surface area contributed by atoms with Gasteiger partial charge in [-0.1, -0.05) is 27.7 Å². The number of hydrogen-bond acceptors (Lipinski definition) is 9. The second kappa shape index (κ2) is 13.0. The van der Waals surface area contributed by atoms with E-state index in [-0.39, 0.29) is 30.7 Å². The highest BCUT2D eigenvalue weighted by Gasteiger charge is 2.29. The molecule has 3 heterocycles. The molecule has 5 rings (SSSR count). The molecule has 0 aliphatic heterocycles. The van der Waals surface area contributed by atoms with Crippen LogP contribution in [0.25, 0.3) is 5.69 Å². The van der Waals surface area contributed by atoms with E-state index < -0.39 is 11.2 Å². The smallest absolute Gasteiger partial charge is 0.341 e. The topological polar surface area (TPSA) is 128 Å². The number of thioether (sulfide) groups is 1. The molecule has 1 aliphatic carbocycles. The van der Waals surface area contributed by atoms with Crippen LogP contribution in [-0.4, -0.2) is 44.4 Å². The number of halogens is 1. The van der Waals surface area contributed by atoms with Crippen LogP contribution in [0.5, 0.6) is 0 Å². The summed E-state index contributed by atoms with van der Waals surface area (Å²) in [4.78, 5) is 39.8. The average Bonchev–Trinajstić information content (AvgIpc) is 3.71. The second-order valence-corrected chi connectivity index (χ2v) is 12.6. The highest BCUT2D eigenvalue weighted by Crippen LogP contribution is 2.39. The van der Waals surface area contributed by atoms with E-state index >= 15 is 0 Å². The van der Waals surface area contributed by atoms with Crippen LogP contribution in [-0.2, 0) is 28.9 Å². The van der Waals surface area contributed by atoms with Crippen molar-refractivity contribution < 1.29 is 23.5 Å². The van der Waals surface area contributed by atoms with Gasteiger partial charge in [-0.15, -0.1) is 21.5 Å². The summed E-state index contributed by atoms with van der Waals surface area (Å²) in [6, 6.07) is 10.8. The normalized spacial score (nSPS) is 13.3. The van der Waals surface area contributed by atoms with Gasteiger partial charge >= 0.3 is 5.97 Å². The van der Waals surface area contributed by atoms with Crippen molar-refractivity contribution in [3.63, 3.8) is 0 Å². The monoisotopic (exact) mass is 657 g/mol. The molecule has 2 N–H and O–H groups in total. The highest BCUT2D eigenvalue weighted by molar-refractivity contribution is 9.10. The Morgan fingerprint density at radius 2 is 1.95 bits per heavy atom. The fraction of sp³-hybridized carbons (Fsp3) is 0.321. The lowest BCUT2D eigenvalue weighted by atomic mass is 9.95. The number of aryl methyl sites for hydroxylation is 1. The molecule has 10 nitrogen and oxygen atoms in total. The van der Waals surface area contributed by atoms with Crippen molar-refractivity contribution in [2.45, 2.75) is 56.5 Å². The molecule has 0 radical (unpaired) electrons. The summed E-state index contributed by atoms with van der Waals surface area (Å²) in [5, 5.41) is 14.9. The van der Waals surface area contributed by atoms with Crippen molar-refractivity contribution in [3.05, 3.63) is 74.7 Å². The molecular formula is C28H28BrN5O5S2. The van der Waals surface area contributed by atoms with Crippen LogP contribution in [0.1, 0.15) is 63.9 Å². The Morgan fingerprint density at radius 1 is 1.17 bits per heavy atom. The number of rotatable bonds is 10. The van der Waals surface area contributed by atoms with E-state index in [1.165, 1.54) is 29.4 Å². The van der Waals surface area contributed by atoms with E-state index in [1.54, 1.807) is 30.5 Å². The number of carbonyl (C=O) groups is 3. The minimum Gasteiger partial charge on any atom is -0.462 e. The van der Waals surface area contributed by atoms with Gasteiger partial charge in [0.25, 0.3) is 5.91 Å². The molecule has 41 heavy (non-hydrogen) atoms. The van der Waals surface area contributed by atoms with Crippen molar-refractivity contribution in [1.29, 1.82) is 0 Å². The van der Waals surface area contributed by atoms with E-state index in [0.29, 0.717) is 21.5 Å². The minimum absolute atomic E-state index is 0.0907. The van der Waals surface area contributed by atoms with Crippen molar-refractivity contribution in [2.75, 3.05) is 11.9 Å². The number of thiophene rings is 1. The minimum atomic E-state index is -0.576. The molecule has 1 atom stereocenters. The van der Waals surface area contributed by atoms with Crippen LogP contribution >= 0.6 is 39.0 Å². The van der Waals surface area contributed by atoms with Gasteiger partial charge in [-0.25, -0.2) is 4.79 Å². The summed E-state index contributed by atoms with van der Waals surface area (Å²) in [5.74, 6) is -0.371. The standard InChI is InChI=1S/C28H28BrN5O5S2/c1-3-38-27(37)23-19-7-4-5-9-21(19)41-26(23)31-24(35)16(2)40-28-33-32-22(15-30-25(36)20-8-6-14-39-20)34(28)18-12-10-17(29)11-13-18/h6,8,10-14,16H,3-5,7,9,15H2,1-2H3,(H,30,36)(H,31,35). The molecule has 214 valence electrons. The molecule has 0 fully saturated rings. The fourth-order valence-electron chi connectivity index (χ4n) is 4.49. The molecule has 13 heteroatoms. The van der Waals surface area contributed by atoms with E-state index in [4.69, 9.17) is 9.15 Å². The summed E-state index contributed by atoms with van der Waals surface area (Å²) in [6.07, 6.45) is 5.19. The predicted molar refractivity (Wildman–Crippen MR) is 160 cm³/mol. The number of furan rings is 1. The van der Waals surface area contributed by atoms with Crippen LogP contribution < -0.4 is 10.6 Å². The first-order valence-corrected chi connectivity index (χ1v) is 15.7. The van der Waals surface area contributed by atoms with E-state index in [1.807, 2.05) is 24.3 Å². The molecular weight excluding hydrogens is 630 g/mol. The SMILES string of the molecule is CCOC(=O)c1c(NC(=O)C(C)Sc2nnc(CNC(=O)c3ccco3)n2-c2ccc(Br)cc2)sc2c1CCCC2. The number of carbonyl (C=O) groups excluding carboxylic acids is 3. The third-order valence-electron chi connectivity index (χ3n) is 6.48. The number of amides is 2. The largest absolute Gasteiger partial charge is 0.462 e. The number of aromatic nitrogens is 3. The highest BCUT2D eigenvalue weighted by atomic mass is 79.9. The summed E-state index contributed by atoms with van der Waals surface area (Å²) in [7, 11) is 0. The van der Waals surface area contributed by atoms with Crippen LogP contribution in [0.4, 0.5) is 5.00 Å². The third-order valence-corrected chi connectivity index (χ3v) is 9.25. The Bertz CT molecular complexity index is 1550. The van der Waals surface area contributed by atoms with Gasteiger partial charge in [0.05, 0.1) is 30.2 Å². The van der Waals surface area contributed by atoms with Gasteiger partial charge in [0, 0.05) is 15.0 Å². The lowest BCUT2D eigenvalue weighted by Crippen LogP contribution is -2.25. The van der Waals surface area contributed by atoms with Crippen LogP contribution in [0.2, 0.25) is 0 Å². The van der Waals surface area contributed by atoms with Gasteiger partial charge in [-0.3, -0.25) is 14.2 Å². The van der Waals surface area contributed by atoms with Crippen molar-refractivity contribution in [2.24, 2.45) is 0 Å². The molecule has 1 unspecified atom stereocenters. The Kier molecular flexibility index (Phi) is 9.25. The lowest BCUT2D eigenvalue weighted by molar-refractivity contribution is -0.115. The number of hydrogen-bond donors (Lipinski definition) is 2. The van der Waals surface area contributed by atoms with Gasteiger partial charge < -0.3 is 19.8 Å². The number of anilines is 1. The molecule has 4 aromatic rings. The van der Waals surface area contributed by atoms with Crippen molar-refractivity contribution in [1.82, 2.24) is 20.1 Å². The predicted octanol–water partition coefficient (Wildman–Crippen LogP) is 5.79. The zero-order valence-corrected chi connectivity index (χ0v) is 25.7. The fourth-order valence-corrected chi connectivity index (χ4v) is 6.92. The molecule has 0 saturated carbocycles. The maximum atomic E-state index is 13.4. The van der Waals surface area contributed by atoms with Gasteiger partial charge in [0.2, 0.25) is 5.91 Å². The second-order valence-electron chi connectivity index (χ2n) is 9.26. The Labute approximate surface area is 253 Å². The van der Waals surface area contributed by atoms with Crippen molar-refractivity contribution in [3.8, 4) is 5.69 Å². The third kappa shape index (κ3) is 6.57. The average molecular weight is 659 g/mol. The van der Waals surface area contributed by atoms with E-state index in [0.717, 1.165) is 46.3 Å². The van der Waals surface area contributed by atoms with E-state index in [2.05, 4.69) is 36.8 Å². The molecule has 0 spiro atoms. The summed E-state index contributed by atoms with van der Waals surface area (Å²) < 4.78 is 13.2. The summed E-state index contributed by atoms with van der Waals surface area (Å²) in [6.45, 7) is 3.90. The number of nitrogens with one attached hydrogen (secondary N) is 2. The molecule has 1 aromatic carbocycles. The first kappa shape index (κ1) is 29.1. The Morgan fingerprint density at radius 3 is 2.68 bits per heavy atom. The number of benzene rings is 1. The zero-order chi connectivity index (χ0) is 28.9. The van der Waals surface area contributed by atoms with Crippen LogP contribution in [0, 0.1) is 0 Å². The molecule has 0 bridgehead atoms. The number of nitrogens with zero attached hydrogens (tertiary/aromatic N) is 3. The maximum Gasteiger partial charge on any atom is 0.341 e. The number of ether oxygens (including phenoxy) is 1. The number of fused-ring (bicyclic) bond motifs is 1.